The van der Waals surface area contributed by atoms with Crippen LogP contribution in [0.5, 0.6) is 0 Å². The van der Waals surface area contributed by atoms with Crippen LogP contribution in [0.1, 0.15) is 27.2 Å². The number of halogens is 2. The first-order valence-electron chi connectivity index (χ1n) is 5.23. The minimum absolute atomic E-state index is 0.100. The van der Waals surface area contributed by atoms with Crippen molar-refractivity contribution in [3.63, 3.8) is 0 Å². The lowest BCUT2D eigenvalue weighted by Gasteiger charge is -2.31. The molecule has 1 N–H and O–H groups in total. The van der Waals surface area contributed by atoms with E-state index in [-0.39, 0.29) is 11.5 Å². The van der Waals surface area contributed by atoms with Gasteiger partial charge in [-0.1, -0.05) is 32.4 Å². The maximum absolute atomic E-state index is 6.00. The average Bonchev–Trinajstić information content (AvgIpc) is 2.19. The third kappa shape index (κ3) is 3.80. The van der Waals surface area contributed by atoms with Crippen molar-refractivity contribution in [2.45, 2.75) is 33.2 Å². The molecule has 0 spiro atoms. The zero-order valence-electron chi connectivity index (χ0n) is 9.80. The van der Waals surface area contributed by atoms with Crippen molar-refractivity contribution in [2.24, 2.45) is 5.41 Å². The van der Waals surface area contributed by atoms with Gasteiger partial charge in [0.15, 0.2) is 0 Å². The zero-order valence-corrected chi connectivity index (χ0v) is 11.3. The lowest BCUT2D eigenvalue weighted by molar-refractivity contribution is 0.334. The smallest absolute Gasteiger partial charge is 0.148 e. The fourth-order valence-electron chi connectivity index (χ4n) is 1.41. The predicted octanol–water partition coefficient (Wildman–Crippen LogP) is 3.59. The van der Waals surface area contributed by atoms with E-state index in [0.29, 0.717) is 16.7 Å². The molecular weight excluding hydrogens is 245 g/mol. The van der Waals surface area contributed by atoms with Crippen molar-refractivity contribution in [3.8, 4) is 0 Å². The van der Waals surface area contributed by atoms with Gasteiger partial charge in [-0.05, 0) is 11.8 Å². The summed E-state index contributed by atoms with van der Waals surface area (Å²) in [5.41, 5.74) is 0.100. The van der Waals surface area contributed by atoms with E-state index in [9.17, 15) is 0 Å². The number of alkyl halides is 1. The second-order valence-corrected chi connectivity index (χ2v) is 5.55. The first-order chi connectivity index (χ1) is 7.45. The fraction of sp³-hybridized carbons (Fsp3) is 0.636. The molecule has 3 nitrogen and oxygen atoms in total. The van der Waals surface area contributed by atoms with Crippen LogP contribution in [0, 0.1) is 5.41 Å². The molecule has 5 heteroatoms. The molecule has 16 heavy (non-hydrogen) atoms. The molecule has 1 aromatic heterocycles. The average molecular weight is 262 g/mol. The third-order valence-electron chi connectivity index (χ3n) is 2.42. The molecule has 0 saturated heterocycles. The highest BCUT2D eigenvalue weighted by molar-refractivity contribution is 6.32. The number of anilines is 1. The first-order valence-corrected chi connectivity index (χ1v) is 6.14. The Bertz CT molecular complexity index is 336. The number of rotatable bonds is 4. The maximum atomic E-state index is 6.00. The van der Waals surface area contributed by atoms with Gasteiger partial charge in [-0.3, -0.25) is 0 Å². The Morgan fingerprint density at radius 3 is 2.62 bits per heavy atom. The molecule has 1 heterocycles. The fourth-order valence-corrected chi connectivity index (χ4v) is 1.79. The minimum atomic E-state index is 0.100. The topological polar surface area (TPSA) is 37.8 Å². The van der Waals surface area contributed by atoms with Crippen LogP contribution in [0.25, 0.3) is 0 Å². The lowest BCUT2D eigenvalue weighted by Crippen LogP contribution is -2.34. The summed E-state index contributed by atoms with van der Waals surface area (Å²) in [4.78, 5) is 7.97. The van der Waals surface area contributed by atoms with E-state index >= 15 is 0 Å². The van der Waals surface area contributed by atoms with Crippen molar-refractivity contribution in [1.29, 1.82) is 0 Å². The van der Waals surface area contributed by atoms with Gasteiger partial charge in [0, 0.05) is 11.9 Å². The molecule has 0 aliphatic heterocycles. The summed E-state index contributed by atoms with van der Waals surface area (Å²) in [7, 11) is 0. The van der Waals surface area contributed by atoms with Crippen LogP contribution in [-0.2, 0) is 0 Å². The van der Waals surface area contributed by atoms with E-state index in [1.54, 1.807) is 6.20 Å². The summed E-state index contributed by atoms with van der Waals surface area (Å²) in [6.45, 7) is 6.48. The summed E-state index contributed by atoms with van der Waals surface area (Å²) < 4.78 is 0. The molecule has 1 aromatic rings. The van der Waals surface area contributed by atoms with E-state index in [1.807, 2.05) is 0 Å². The number of hydrogen-bond donors (Lipinski definition) is 1. The number of nitrogens with one attached hydrogen (secondary N) is 1. The molecule has 0 amide bonds. The van der Waals surface area contributed by atoms with Crippen molar-refractivity contribution >= 4 is 29.0 Å². The van der Waals surface area contributed by atoms with Gasteiger partial charge in [0.1, 0.15) is 17.2 Å². The van der Waals surface area contributed by atoms with E-state index in [1.165, 1.54) is 6.33 Å². The molecule has 1 rings (SSSR count). The van der Waals surface area contributed by atoms with Crippen LogP contribution in [0.4, 0.5) is 5.82 Å². The van der Waals surface area contributed by atoms with Crippen LogP contribution in [0.2, 0.25) is 5.02 Å². The van der Waals surface area contributed by atoms with Crippen LogP contribution >= 0.6 is 23.2 Å². The van der Waals surface area contributed by atoms with Gasteiger partial charge in [0.2, 0.25) is 0 Å². The Hall–Kier alpha value is -0.540. The SMILES string of the molecule is CC(C)(C)C(CCCl)Nc1ncncc1Cl. The van der Waals surface area contributed by atoms with Gasteiger partial charge >= 0.3 is 0 Å². The monoisotopic (exact) mass is 261 g/mol. The highest BCUT2D eigenvalue weighted by atomic mass is 35.5. The van der Waals surface area contributed by atoms with Crippen LogP contribution in [0.15, 0.2) is 12.5 Å². The van der Waals surface area contributed by atoms with Crippen molar-refractivity contribution in [1.82, 2.24) is 9.97 Å². The molecule has 0 bridgehead atoms. The quantitative estimate of drug-likeness (QED) is 0.842. The molecule has 90 valence electrons. The zero-order chi connectivity index (χ0) is 12.2. The molecular formula is C11H17Cl2N3. The van der Waals surface area contributed by atoms with Crippen LogP contribution in [-0.4, -0.2) is 21.9 Å². The van der Waals surface area contributed by atoms with Gasteiger partial charge in [-0.2, -0.15) is 0 Å². The Balaban J connectivity index is 2.80. The normalized spacial score (nSPS) is 13.6. The molecule has 0 aliphatic carbocycles. The largest absolute Gasteiger partial charge is 0.365 e. The molecule has 0 aliphatic rings. The summed E-state index contributed by atoms with van der Waals surface area (Å²) >= 11 is 11.8. The molecule has 1 unspecified atom stereocenters. The maximum Gasteiger partial charge on any atom is 0.148 e. The highest BCUT2D eigenvalue weighted by Gasteiger charge is 2.24. The minimum Gasteiger partial charge on any atom is -0.365 e. The van der Waals surface area contributed by atoms with Crippen molar-refractivity contribution < 1.29 is 0 Å². The van der Waals surface area contributed by atoms with Gasteiger partial charge in [0.05, 0.1) is 6.20 Å². The highest BCUT2D eigenvalue weighted by Crippen LogP contribution is 2.27. The first kappa shape index (κ1) is 13.5. The van der Waals surface area contributed by atoms with Crippen molar-refractivity contribution in [2.75, 3.05) is 11.2 Å². The second kappa shape index (κ2) is 5.69. The summed E-state index contributed by atoms with van der Waals surface area (Å²) in [6.07, 6.45) is 3.93. The van der Waals surface area contributed by atoms with Gasteiger partial charge in [0.25, 0.3) is 0 Å². The Kier molecular flexibility index (Phi) is 4.81. The molecule has 0 saturated carbocycles. The Morgan fingerprint density at radius 2 is 2.12 bits per heavy atom. The molecule has 1 atom stereocenters. The number of aromatic nitrogens is 2. The third-order valence-corrected chi connectivity index (χ3v) is 2.92. The molecule has 0 aromatic carbocycles. The lowest BCUT2D eigenvalue weighted by atomic mass is 9.85. The van der Waals surface area contributed by atoms with Crippen molar-refractivity contribution in [3.05, 3.63) is 17.5 Å². The van der Waals surface area contributed by atoms with Gasteiger partial charge in [-0.15, -0.1) is 11.6 Å². The number of hydrogen-bond acceptors (Lipinski definition) is 3. The van der Waals surface area contributed by atoms with Gasteiger partial charge in [-0.25, -0.2) is 9.97 Å². The second-order valence-electron chi connectivity index (χ2n) is 4.76. The van der Waals surface area contributed by atoms with E-state index in [4.69, 9.17) is 23.2 Å². The summed E-state index contributed by atoms with van der Waals surface area (Å²) in [5.74, 6) is 1.28. The number of nitrogens with zero attached hydrogens (tertiary/aromatic N) is 2. The molecule has 0 fully saturated rings. The van der Waals surface area contributed by atoms with E-state index < -0.39 is 0 Å². The summed E-state index contributed by atoms with van der Waals surface area (Å²) in [5, 5.41) is 3.85. The predicted molar refractivity (Wildman–Crippen MR) is 69.2 cm³/mol. The summed E-state index contributed by atoms with van der Waals surface area (Å²) in [6, 6.07) is 0.234. The Morgan fingerprint density at radius 1 is 1.44 bits per heavy atom. The van der Waals surface area contributed by atoms with Crippen LogP contribution in [0.3, 0.4) is 0 Å². The van der Waals surface area contributed by atoms with Gasteiger partial charge < -0.3 is 5.32 Å². The van der Waals surface area contributed by atoms with E-state index in [2.05, 4.69) is 36.1 Å². The molecule has 0 radical (unpaired) electrons. The standard InChI is InChI=1S/C11H17Cl2N3/c1-11(2,3)9(4-5-12)16-10-8(13)6-14-7-15-10/h6-7,9H,4-5H2,1-3H3,(H,14,15,16). The van der Waals surface area contributed by atoms with E-state index in [0.717, 1.165) is 6.42 Å². The van der Waals surface area contributed by atoms with Crippen LogP contribution < -0.4 is 5.32 Å². The Labute approximate surface area is 107 Å².